The lowest BCUT2D eigenvalue weighted by atomic mass is 10.2. The van der Waals surface area contributed by atoms with Crippen molar-refractivity contribution < 1.29 is 18.7 Å². The molecule has 27 heavy (non-hydrogen) atoms. The van der Waals surface area contributed by atoms with Crippen molar-refractivity contribution in [3.63, 3.8) is 0 Å². The van der Waals surface area contributed by atoms with Crippen LogP contribution in [0, 0.1) is 0 Å². The lowest BCUT2D eigenvalue weighted by Crippen LogP contribution is -2.24. The van der Waals surface area contributed by atoms with E-state index in [1.54, 1.807) is 0 Å². The predicted molar refractivity (Wildman–Crippen MR) is 103 cm³/mol. The molecule has 7 nitrogen and oxygen atoms in total. The van der Waals surface area contributed by atoms with Crippen molar-refractivity contribution >= 4 is 33.6 Å². The molecule has 0 spiro atoms. The Hall–Kier alpha value is -2.52. The Morgan fingerprint density at radius 3 is 2.89 bits per heavy atom. The number of carbonyl (C=O) groups is 1. The van der Waals surface area contributed by atoms with E-state index in [1.165, 1.54) is 11.8 Å². The van der Waals surface area contributed by atoms with E-state index < -0.39 is 0 Å². The van der Waals surface area contributed by atoms with Gasteiger partial charge in [0.05, 0.1) is 11.3 Å². The number of benzene rings is 2. The van der Waals surface area contributed by atoms with Gasteiger partial charge >= 0.3 is 0 Å². The quantitative estimate of drug-likeness (QED) is 0.577. The lowest BCUT2D eigenvalue weighted by Gasteiger charge is -2.05. The van der Waals surface area contributed by atoms with Gasteiger partial charge in [-0.05, 0) is 45.8 Å². The molecule has 1 N–H and O–H groups in total. The highest BCUT2D eigenvalue weighted by Crippen LogP contribution is 2.32. The van der Waals surface area contributed by atoms with Gasteiger partial charge in [-0.15, -0.1) is 10.2 Å². The minimum absolute atomic E-state index is 0.127. The van der Waals surface area contributed by atoms with E-state index in [-0.39, 0.29) is 18.5 Å². The Morgan fingerprint density at radius 1 is 1.15 bits per heavy atom. The topological polar surface area (TPSA) is 86.5 Å². The van der Waals surface area contributed by atoms with Crippen molar-refractivity contribution in [2.45, 2.75) is 11.8 Å². The molecule has 4 rings (SSSR count). The Balaban J connectivity index is 1.29. The molecular formula is C18H14BrN3O4S. The zero-order chi connectivity index (χ0) is 18.6. The first-order valence-electron chi connectivity index (χ1n) is 8.05. The first-order chi connectivity index (χ1) is 13.2. The molecule has 0 bridgehead atoms. The molecule has 0 aliphatic carbocycles. The molecule has 1 aromatic heterocycles. The second-order valence-electron chi connectivity index (χ2n) is 5.61. The van der Waals surface area contributed by atoms with Crippen LogP contribution in [0.4, 0.5) is 0 Å². The highest BCUT2D eigenvalue weighted by Gasteiger charge is 2.15. The molecule has 0 radical (unpaired) electrons. The summed E-state index contributed by atoms with van der Waals surface area (Å²) < 4.78 is 17.1. The zero-order valence-electron chi connectivity index (χ0n) is 14.0. The highest BCUT2D eigenvalue weighted by molar-refractivity contribution is 9.10. The summed E-state index contributed by atoms with van der Waals surface area (Å²) in [7, 11) is 0. The minimum atomic E-state index is -0.127. The number of aromatic nitrogens is 2. The smallest absolute Gasteiger partial charge is 0.277 e. The average molecular weight is 448 g/mol. The van der Waals surface area contributed by atoms with Gasteiger partial charge in [0, 0.05) is 11.0 Å². The number of nitrogens with zero attached hydrogens (tertiary/aromatic N) is 2. The molecule has 0 fully saturated rings. The van der Waals surface area contributed by atoms with E-state index in [0.717, 1.165) is 21.3 Å². The standard InChI is InChI=1S/C18H14BrN3O4S/c19-13-4-2-1-3-12(13)17-21-22-18(26-17)27-9-16(23)20-8-11-5-6-14-15(7-11)25-10-24-14/h1-7H,8-10H2,(H,20,23). The summed E-state index contributed by atoms with van der Waals surface area (Å²) in [6.07, 6.45) is 0. The maximum Gasteiger partial charge on any atom is 0.277 e. The monoisotopic (exact) mass is 447 g/mol. The number of halogens is 1. The Morgan fingerprint density at radius 2 is 2.00 bits per heavy atom. The van der Waals surface area contributed by atoms with Crippen LogP contribution in [0.3, 0.4) is 0 Å². The molecule has 0 saturated heterocycles. The SMILES string of the molecule is O=C(CSc1nnc(-c2ccccc2Br)o1)NCc1ccc2c(c1)OCO2. The summed E-state index contributed by atoms with van der Waals surface area (Å²) >= 11 is 4.64. The van der Waals surface area contributed by atoms with Crippen molar-refractivity contribution in [2.75, 3.05) is 12.5 Å². The van der Waals surface area contributed by atoms with Gasteiger partial charge in [-0.2, -0.15) is 0 Å². The number of fused-ring (bicyclic) bond motifs is 1. The van der Waals surface area contributed by atoms with Crippen molar-refractivity contribution in [2.24, 2.45) is 0 Å². The second-order valence-corrected chi connectivity index (χ2v) is 7.39. The zero-order valence-corrected chi connectivity index (χ0v) is 16.4. The first-order valence-corrected chi connectivity index (χ1v) is 9.83. The molecule has 0 unspecified atom stereocenters. The first kappa shape index (κ1) is 17.9. The van der Waals surface area contributed by atoms with Gasteiger partial charge in [0.25, 0.3) is 5.22 Å². The molecule has 0 saturated carbocycles. The third-order valence-electron chi connectivity index (χ3n) is 3.76. The van der Waals surface area contributed by atoms with Crippen LogP contribution in [0.25, 0.3) is 11.5 Å². The summed E-state index contributed by atoms with van der Waals surface area (Å²) in [5.74, 6) is 1.88. The molecular weight excluding hydrogens is 434 g/mol. The van der Waals surface area contributed by atoms with Gasteiger partial charge in [0.2, 0.25) is 18.6 Å². The number of rotatable bonds is 6. The summed E-state index contributed by atoms with van der Waals surface area (Å²) in [4.78, 5) is 12.1. The fourth-order valence-electron chi connectivity index (χ4n) is 2.44. The van der Waals surface area contributed by atoms with Crippen molar-refractivity contribution in [3.05, 3.63) is 52.5 Å². The van der Waals surface area contributed by atoms with Crippen LogP contribution < -0.4 is 14.8 Å². The third kappa shape index (κ3) is 4.25. The second kappa shape index (κ2) is 8.01. The highest BCUT2D eigenvalue weighted by atomic mass is 79.9. The van der Waals surface area contributed by atoms with Gasteiger partial charge in [0.1, 0.15) is 0 Å². The summed E-state index contributed by atoms with van der Waals surface area (Å²) in [5, 5.41) is 11.2. The normalized spacial score (nSPS) is 12.2. The number of thioether (sulfide) groups is 1. The maximum atomic E-state index is 12.1. The number of nitrogens with one attached hydrogen (secondary N) is 1. The molecule has 1 aliphatic rings. The molecule has 1 aliphatic heterocycles. The molecule has 0 atom stereocenters. The predicted octanol–water partition coefficient (Wildman–Crippen LogP) is 3.64. The summed E-state index contributed by atoms with van der Waals surface area (Å²) in [5.41, 5.74) is 1.75. The van der Waals surface area contributed by atoms with Gasteiger partial charge < -0.3 is 19.2 Å². The van der Waals surface area contributed by atoms with Gasteiger partial charge in [0.15, 0.2) is 11.5 Å². The van der Waals surface area contributed by atoms with E-state index in [9.17, 15) is 4.79 Å². The van der Waals surface area contributed by atoms with Crippen LogP contribution in [-0.2, 0) is 11.3 Å². The molecule has 1 amide bonds. The Kier molecular flexibility index (Phi) is 5.30. The van der Waals surface area contributed by atoms with Crippen LogP contribution in [0.1, 0.15) is 5.56 Å². The molecule has 3 aromatic rings. The van der Waals surface area contributed by atoms with Gasteiger partial charge in [-0.25, -0.2) is 0 Å². The number of hydrogen-bond donors (Lipinski definition) is 1. The number of ether oxygens (including phenoxy) is 2. The molecule has 2 heterocycles. The molecule has 9 heteroatoms. The fraction of sp³-hybridized carbons (Fsp3) is 0.167. The lowest BCUT2D eigenvalue weighted by molar-refractivity contribution is -0.118. The van der Waals surface area contributed by atoms with Crippen LogP contribution in [-0.4, -0.2) is 28.7 Å². The summed E-state index contributed by atoms with van der Waals surface area (Å²) in [6.45, 7) is 0.635. The van der Waals surface area contributed by atoms with E-state index in [0.29, 0.717) is 23.4 Å². The van der Waals surface area contributed by atoms with Gasteiger partial charge in [-0.3, -0.25) is 4.79 Å². The van der Waals surface area contributed by atoms with Crippen LogP contribution in [0.2, 0.25) is 0 Å². The van der Waals surface area contributed by atoms with Crippen molar-refractivity contribution in [3.8, 4) is 23.0 Å². The number of hydrogen-bond acceptors (Lipinski definition) is 7. The van der Waals surface area contributed by atoms with E-state index in [4.69, 9.17) is 13.9 Å². The van der Waals surface area contributed by atoms with Crippen LogP contribution in [0.5, 0.6) is 11.5 Å². The van der Waals surface area contributed by atoms with E-state index in [2.05, 4.69) is 31.4 Å². The Bertz CT molecular complexity index is 979. The van der Waals surface area contributed by atoms with E-state index >= 15 is 0 Å². The largest absolute Gasteiger partial charge is 0.454 e. The molecule has 2 aromatic carbocycles. The van der Waals surface area contributed by atoms with E-state index in [1.807, 2.05) is 42.5 Å². The van der Waals surface area contributed by atoms with Crippen LogP contribution >= 0.6 is 27.7 Å². The van der Waals surface area contributed by atoms with Crippen molar-refractivity contribution in [1.82, 2.24) is 15.5 Å². The van der Waals surface area contributed by atoms with Gasteiger partial charge in [-0.1, -0.05) is 30.0 Å². The molecule has 138 valence electrons. The maximum absolute atomic E-state index is 12.1. The minimum Gasteiger partial charge on any atom is -0.454 e. The Labute approximate surface area is 167 Å². The average Bonchev–Trinajstić information content (AvgIpc) is 3.34. The van der Waals surface area contributed by atoms with Crippen LogP contribution in [0.15, 0.2) is 56.6 Å². The third-order valence-corrected chi connectivity index (χ3v) is 5.27. The van der Waals surface area contributed by atoms with Crippen molar-refractivity contribution in [1.29, 1.82) is 0 Å². The fourth-order valence-corrected chi connectivity index (χ4v) is 3.49. The summed E-state index contributed by atoms with van der Waals surface area (Å²) in [6, 6.07) is 13.2. The number of carbonyl (C=O) groups excluding carboxylic acids is 1. The number of amides is 1.